The van der Waals surface area contributed by atoms with E-state index in [1.807, 2.05) is 36.4 Å². The Kier molecular flexibility index (Phi) is 6.22. The molecule has 0 atom stereocenters. The number of hydrogen-bond acceptors (Lipinski definition) is 4. The van der Waals surface area contributed by atoms with Gasteiger partial charge in [-0.05, 0) is 63.7 Å². The maximum absolute atomic E-state index is 9.95. The van der Waals surface area contributed by atoms with E-state index in [0.717, 1.165) is 61.5 Å². The van der Waals surface area contributed by atoms with Crippen molar-refractivity contribution in [2.75, 3.05) is 0 Å². The molecule has 1 aliphatic carbocycles. The topological polar surface area (TPSA) is 58.8 Å². The lowest BCUT2D eigenvalue weighted by Crippen LogP contribution is -2.25. The van der Waals surface area contributed by atoms with Crippen LogP contribution in [0.3, 0.4) is 0 Å². The van der Waals surface area contributed by atoms with Crippen molar-refractivity contribution in [3.8, 4) is 62.5 Å². The fraction of sp³-hybridized carbons (Fsp3) is 0.133. The molecule has 0 amide bonds. The molecule has 7 aromatic rings. The third-order valence-corrected chi connectivity index (χ3v) is 10.6. The molecule has 4 nitrogen and oxygen atoms in total. The molecule has 1 aliphatic heterocycles. The predicted octanol–water partition coefficient (Wildman–Crippen LogP) is 11.2. The Morgan fingerprint density at radius 3 is 2.04 bits per heavy atom. The van der Waals surface area contributed by atoms with E-state index >= 15 is 0 Å². The summed E-state index contributed by atoms with van der Waals surface area (Å²) in [6.07, 6.45) is 0. The van der Waals surface area contributed by atoms with Crippen LogP contribution < -0.4 is 4.74 Å². The van der Waals surface area contributed by atoms with Crippen LogP contribution in [0.2, 0.25) is 0 Å². The van der Waals surface area contributed by atoms with Crippen molar-refractivity contribution in [1.82, 2.24) is 9.97 Å². The van der Waals surface area contributed by atoms with Gasteiger partial charge in [0, 0.05) is 38.5 Å². The third-order valence-electron chi connectivity index (χ3n) is 10.6. The second-order valence-corrected chi connectivity index (χ2v) is 14.2. The van der Waals surface area contributed by atoms with Gasteiger partial charge in [0.2, 0.25) is 0 Å². The van der Waals surface area contributed by atoms with Gasteiger partial charge < -0.3 is 4.74 Å². The molecule has 6 aromatic carbocycles. The summed E-state index contributed by atoms with van der Waals surface area (Å²) in [6.45, 7) is 9.05. The van der Waals surface area contributed by atoms with Crippen molar-refractivity contribution in [3.63, 3.8) is 0 Å². The Morgan fingerprint density at radius 2 is 1.22 bits per heavy atom. The van der Waals surface area contributed by atoms with Crippen molar-refractivity contribution in [2.45, 2.75) is 38.5 Å². The minimum Gasteiger partial charge on any atom is -0.457 e. The highest BCUT2D eigenvalue weighted by molar-refractivity contribution is 5.94. The molecule has 0 saturated carbocycles. The van der Waals surface area contributed by atoms with Crippen molar-refractivity contribution >= 4 is 10.9 Å². The van der Waals surface area contributed by atoms with E-state index in [2.05, 4.69) is 125 Å². The molecular weight excluding hydrogens is 599 g/mol. The fourth-order valence-electron chi connectivity index (χ4n) is 8.05. The van der Waals surface area contributed by atoms with Gasteiger partial charge >= 0.3 is 0 Å². The first-order valence-corrected chi connectivity index (χ1v) is 16.7. The Balaban J connectivity index is 1.16. The second kappa shape index (κ2) is 10.5. The van der Waals surface area contributed by atoms with Crippen LogP contribution in [0.5, 0.6) is 11.5 Å². The first-order valence-electron chi connectivity index (χ1n) is 16.7. The van der Waals surface area contributed by atoms with E-state index in [-0.39, 0.29) is 10.8 Å². The Hall–Kier alpha value is -6.05. The third kappa shape index (κ3) is 4.36. The highest BCUT2D eigenvalue weighted by Gasteiger charge is 2.37. The van der Waals surface area contributed by atoms with Gasteiger partial charge in [0.25, 0.3) is 0 Å². The van der Waals surface area contributed by atoms with Gasteiger partial charge in [-0.15, -0.1) is 0 Å². The molecule has 2 heterocycles. The average Bonchev–Trinajstić information content (AvgIpc) is 3.36. The lowest BCUT2D eigenvalue weighted by atomic mass is 9.72. The molecule has 0 N–H and O–H groups in total. The molecule has 0 fully saturated rings. The summed E-state index contributed by atoms with van der Waals surface area (Å²) >= 11 is 0. The van der Waals surface area contributed by atoms with Crippen LogP contribution in [0.4, 0.5) is 0 Å². The molecule has 0 bridgehead atoms. The van der Waals surface area contributed by atoms with Gasteiger partial charge in [0.05, 0.1) is 22.8 Å². The molecule has 0 spiro atoms. The number of ether oxygens (including phenoxy) is 1. The number of benzene rings is 6. The van der Waals surface area contributed by atoms with Crippen molar-refractivity contribution in [3.05, 3.63) is 155 Å². The van der Waals surface area contributed by atoms with Crippen LogP contribution in [0.1, 0.15) is 55.5 Å². The smallest absolute Gasteiger partial charge is 0.160 e. The summed E-state index contributed by atoms with van der Waals surface area (Å²) in [4.78, 5) is 10.3. The first kappa shape index (κ1) is 29.1. The predicted molar refractivity (Wildman–Crippen MR) is 197 cm³/mol. The molecule has 0 unspecified atom stereocenters. The number of nitrogens with zero attached hydrogens (tertiary/aromatic N) is 3. The van der Waals surface area contributed by atoms with Gasteiger partial charge in [-0.3, -0.25) is 0 Å². The minimum atomic E-state index is -0.324. The Morgan fingerprint density at radius 1 is 0.551 bits per heavy atom. The molecular formula is C45H33N3O. The summed E-state index contributed by atoms with van der Waals surface area (Å²) in [7, 11) is 0. The molecule has 49 heavy (non-hydrogen) atoms. The van der Waals surface area contributed by atoms with E-state index in [9.17, 15) is 5.26 Å². The van der Waals surface area contributed by atoms with Gasteiger partial charge in [0.15, 0.2) is 5.82 Å². The highest BCUT2D eigenvalue weighted by atomic mass is 16.5. The quantitative estimate of drug-likeness (QED) is 0.195. The summed E-state index contributed by atoms with van der Waals surface area (Å²) < 4.78 is 6.40. The van der Waals surface area contributed by atoms with E-state index in [1.54, 1.807) is 0 Å². The second-order valence-electron chi connectivity index (χ2n) is 14.2. The van der Waals surface area contributed by atoms with Crippen LogP contribution in [0.25, 0.3) is 55.8 Å². The van der Waals surface area contributed by atoms with Crippen LogP contribution in [0.15, 0.2) is 127 Å². The number of nitriles is 1. The lowest BCUT2D eigenvalue weighted by Gasteiger charge is -2.36. The zero-order valence-electron chi connectivity index (χ0n) is 27.9. The number of aromatic nitrogens is 2. The highest BCUT2D eigenvalue weighted by Crippen LogP contribution is 2.52. The molecule has 9 rings (SSSR count). The van der Waals surface area contributed by atoms with Crippen molar-refractivity contribution < 1.29 is 4.74 Å². The van der Waals surface area contributed by atoms with E-state index in [0.29, 0.717) is 11.4 Å². The SMILES string of the molecule is CC1(C)c2ccccc2-c2cc(-c3nc(-c4ccc(-c5cc(C#N)cc6c5C(C)(C)c5ccccc5O6)cc4)c4ccccc4n3)ccc21. The normalized spacial score (nSPS) is 14.6. The zero-order chi connectivity index (χ0) is 33.5. The zero-order valence-corrected chi connectivity index (χ0v) is 27.9. The monoisotopic (exact) mass is 631 g/mol. The van der Waals surface area contributed by atoms with Crippen molar-refractivity contribution in [1.29, 1.82) is 5.26 Å². The maximum Gasteiger partial charge on any atom is 0.160 e. The van der Waals surface area contributed by atoms with Crippen LogP contribution in [0, 0.1) is 11.3 Å². The fourth-order valence-corrected chi connectivity index (χ4v) is 8.05. The summed E-state index contributed by atoms with van der Waals surface area (Å²) in [5.41, 5.74) is 13.4. The van der Waals surface area contributed by atoms with Crippen LogP contribution in [-0.4, -0.2) is 9.97 Å². The molecule has 0 saturated heterocycles. The number of fused-ring (bicyclic) bond motifs is 6. The molecule has 234 valence electrons. The van der Waals surface area contributed by atoms with Gasteiger partial charge in [-0.1, -0.05) is 125 Å². The standard InChI is InChI=1S/C45H33N3O/c1-44(2)35-13-7-5-11-31(35)34-25-30(21-22-36(34)44)43-47-38-15-9-6-12-32(38)42(48-43)29-19-17-28(18-20-29)33-23-27(26-46)24-40-41(33)45(3,4)37-14-8-10-16-39(37)49-40/h5-25H,1-4H3. The number of hydrogen-bond donors (Lipinski definition) is 0. The van der Waals surface area contributed by atoms with E-state index in [1.165, 1.54) is 22.3 Å². The van der Waals surface area contributed by atoms with E-state index < -0.39 is 0 Å². The summed E-state index contributed by atoms with van der Waals surface area (Å²) in [5.74, 6) is 2.27. The maximum atomic E-state index is 9.95. The van der Waals surface area contributed by atoms with Crippen molar-refractivity contribution in [2.24, 2.45) is 0 Å². The number of rotatable bonds is 3. The minimum absolute atomic E-state index is 0.0572. The summed E-state index contributed by atoms with van der Waals surface area (Å²) in [6, 6.07) is 46.5. The number of para-hydroxylation sites is 2. The molecule has 0 radical (unpaired) electrons. The Bertz CT molecular complexity index is 2540. The van der Waals surface area contributed by atoms with Gasteiger partial charge in [0.1, 0.15) is 11.5 Å². The van der Waals surface area contributed by atoms with E-state index in [4.69, 9.17) is 14.7 Å². The average molecular weight is 632 g/mol. The molecule has 4 heteroatoms. The Labute approximate surface area is 286 Å². The lowest BCUT2D eigenvalue weighted by molar-refractivity contribution is 0.418. The van der Waals surface area contributed by atoms with Crippen LogP contribution in [-0.2, 0) is 10.8 Å². The molecule has 1 aromatic heterocycles. The summed E-state index contributed by atoms with van der Waals surface area (Å²) in [5, 5.41) is 11.0. The largest absolute Gasteiger partial charge is 0.457 e. The molecule has 2 aliphatic rings. The van der Waals surface area contributed by atoms with Gasteiger partial charge in [-0.25, -0.2) is 9.97 Å². The van der Waals surface area contributed by atoms with Gasteiger partial charge in [-0.2, -0.15) is 5.26 Å². The first-order chi connectivity index (χ1) is 23.7. The van der Waals surface area contributed by atoms with Crippen LogP contribution >= 0.6 is 0 Å².